The summed E-state index contributed by atoms with van der Waals surface area (Å²) in [5.41, 5.74) is 2.55. The average molecular weight is 431 g/mol. The van der Waals surface area contributed by atoms with E-state index in [0.717, 1.165) is 37.5 Å². The number of rotatable bonds is 2. The minimum atomic E-state index is -3.62. The molecule has 154 valence electrons. The Morgan fingerprint density at radius 1 is 1.10 bits per heavy atom. The third-order valence-electron chi connectivity index (χ3n) is 7.45. The van der Waals surface area contributed by atoms with Crippen LogP contribution in [-0.2, 0) is 10.0 Å². The Morgan fingerprint density at radius 2 is 2.03 bits per heavy atom. The monoisotopic (exact) mass is 430 g/mol. The Morgan fingerprint density at radius 3 is 2.97 bits per heavy atom. The largest absolute Gasteiger partial charge is 0.299 e. The molecule has 4 atom stereocenters. The van der Waals surface area contributed by atoms with Gasteiger partial charge in [-0.25, -0.2) is 8.42 Å². The van der Waals surface area contributed by atoms with E-state index in [1.54, 1.807) is 12.1 Å². The zero-order valence-electron chi connectivity index (χ0n) is 16.4. The minimum Gasteiger partial charge on any atom is -0.299 e. The first-order valence-electron chi connectivity index (χ1n) is 10.8. The van der Waals surface area contributed by atoms with Gasteiger partial charge in [-0.1, -0.05) is 24.1 Å². The summed E-state index contributed by atoms with van der Waals surface area (Å²) in [6, 6.07) is 6.00. The normalized spacial score (nSPS) is 33.2. The lowest BCUT2D eigenvalue weighted by Gasteiger charge is -2.54. The minimum absolute atomic E-state index is 0.00901. The topological polar surface area (TPSA) is 66.4 Å². The Labute approximate surface area is 176 Å². The summed E-state index contributed by atoms with van der Waals surface area (Å²) < 4.78 is 38.0. The molecule has 4 aliphatic rings. The summed E-state index contributed by atoms with van der Waals surface area (Å²) in [6.07, 6.45) is 9.45. The fourth-order valence-electron chi connectivity index (χ4n) is 6.31. The number of nitrogens with zero attached hydrogens (tertiary/aromatic N) is 4. The second-order valence-corrected chi connectivity index (χ2v) is 11.4. The van der Waals surface area contributed by atoms with Crippen LogP contribution in [0.5, 0.6) is 0 Å². The van der Waals surface area contributed by atoms with Crippen LogP contribution in [0, 0.1) is 11.8 Å². The molecule has 0 unspecified atom stereocenters. The standard InChI is InChI=1S/C21H26N4O2S2/c26-29(27,19-8-3-6-17-20(19)23-28-22-17)25-10-4-5-14-11-15-12-16(21(14)25)13-24-9-2-1-7-18(15)24/h3,6,8,11,15-16,18,21H,1-2,4-5,7,9-10,12-13H2/t15-,16+,18+,21+/m0/s1. The molecular weight excluding hydrogens is 404 g/mol. The molecule has 4 heterocycles. The fraction of sp³-hybridized carbons (Fsp3) is 0.619. The molecule has 1 aromatic heterocycles. The van der Waals surface area contributed by atoms with Crippen LogP contribution in [0.1, 0.15) is 38.5 Å². The van der Waals surface area contributed by atoms with Crippen LogP contribution in [0.15, 0.2) is 34.7 Å². The number of fused-ring (bicyclic) bond motifs is 7. The molecular formula is C21H26N4O2S2. The van der Waals surface area contributed by atoms with Gasteiger partial charge >= 0.3 is 0 Å². The Hall–Kier alpha value is -1.35. The van der Waals surface area contributed by atoms with Gasteiger partial charge in [0.2, 0.25) is 10.0 Å². The SMILES string of the molecule is O=S(=O)(c1cccc2nsnc12)N1CCCC2=C[C@H]3C[C@H](CN4CCCC[C@H]34)[C@@H]21. The zero-order valence-corrected chi connectivity index (χ0v) is 18.0. The summed E-state index contributed by atoms with van der Waals surface area (Å²) in [7, 11) is -3.62. The zero-order chi connectivity index (χ0) is 19.6. The lowest BCUT2D eigenvalue weighted by molar-refractivity contribution is 0.0149. The first-order valence-corrected chi connectivity index (χ1v) is 13.0. The molecule has 0 radical (unpaired) electrons. The van der Waals surface area contributed by atoms with Crippen LogP contribution in [-0.4, -0.2) is 58.1 Å². The first kappa shape index (κ1) is 18.4. The van der Waals surface area contributed by atoms with Crippen LogP contribution < -0.4 is 0 Å². The molecule has 1 aromatic carbocycles. The van der Waals surface area contributed by atoms with Gasteiger partial charge in [0.1, 0.15) is 15.9 Å². The Balaban J connectivity index is 1.41. The molecule has 6 rings (SSSR count). The highest BCUT2D eigenvalue weighted by Crippen LogP contribution is 2.46. The number of aromatic nitrogens is 2. The van der Waals surface area contributed by atoms with Crippen molar-refractivity contribution < 1.29 is 8.42 Å². The summed E-state index contributed by atoms with van der Waals surface area (Å²) >= 11 is 1.08. The van der Waals surface area contributed by atoms with Crippen LogP contribution in [0.3, 0.4) is 0 Å². The quantitative estimate of drug-likeness (QED) is 0.684. The van der Waals surface area contributed by atoms with E-state index in [9.17, 15) is 8.42 Å². The highest BCUT2D eigenvalue weighted by Gasteiger charge is 2.48. The number of hydrogen-bond acceptors (Lipinski definition) is 6. The summed E-state index contributed by atoms with van der Waals surface area (Å²) in [4.78, 5) is 2.97. The molecule has 8 heteroatoms. The Kier molecular flexibility index (Phi) is 4.34. The van der Waals surface area contributed by atoms with Crippen LogP contribution in [0.25, 0.3) is 11.0 Å². The molecule has 0 N–H and O–H groups in total. The molecule has 3 aliphatic heterocycles. The molecule has 0 spiro atoms. The predicted octanol–water partition coefficient (Wildman–Crippen LogP) is 3.28. The van der Waals surface area contributed by atoms with Crippen molar-refractivity contribution >= 4 is 32.8 Å². The van der Waals surface area contributed by atoms with E-state index in [-0.39, 0.29) is 6.04 Å². The Bertz CT molecular complexity index is 1080. The van der Waals surface area contributed by atoms with Gasteiger partial charge < -0.3 is 0 Å². The van der Waals surface area contributed by atoms with E-state index in [0.29, 0.717) is 40.4 Å². The lowest BCUT2D eigenvalue weighted by atomic mass is 9.68. The molecule has 0 amide bonds. The van der Waals surface area contributed by atoms with Gasteiger partial charge in [0.25, 0.3) is 0 Å². The maximum atomic E-state index is 13.8. The first-order chi connectivity index (χ1) is 14.1. The lowest BCUT2D eigenvalue weighted by Crippen LogP contribution is -2.59. The van der Waals surface area contributed by atoms with Crippen molar-refractivity contribution in [3.05, 3.63) is 29.8 Å². The van der Waals surface area contributed by atoms with Crippen LogP contribution in [0.2, 0.25) is 0 Å². The summed E-state index contributed by atoms with van der Waals surface area (Å²) in [6.45, 7) is 2.81. The number of sulfonamides is 1. The van der Waals surface area contributed by atoms with Gasteiger partial charge in [-0.3, -0.25) is 4.90 Å². The van der Waals surface area contributed by atoms with Crippen molar-refractivity contribution in [1.29, 1.82) is 0 Å². The maximum Gasteiger partial charge on any atom is 0.245 e. The maximum absolute atomic E-state index is 13.8. The van der Waals surface area contributed by atoms with Gasteiger partial charge in [-0.15, -0.1) is 0 Å². The highest BCUT2D eigenvalue weighted by molar-refractivity contribution is 7.89. The smallest absolute Gasteiger partial charge is 0.245 e. The average Bonchev–Trinajstić information content (AvgIpc) is 3.22. The van der Waals surface area contributed by atoms with Crippen molar-refractivity contribution in [2.45, 2.75) is 55.5 Å². The van der Waals surface area contributed by atoms with Crippen molar-refractivity contribution in [3.8, 4) is 0 Å². The summed E-state index contributed by atoms with van der Waals surface area (Å²) in [5, 5.41) is 0. The van der Waals surface area contributed by atoms with Gasteiger partial charge in [-0.2, -0.15) is 13.1 Å². The summed E-state index contributed by atoms with van der Waals surface area (Å²) in [5.74, 6) is 1.01. The van der Waals surface area contributed by atoms with Crippen molar-refractivity contribution in [2.24, 2.45) is 11.8 Å². The van der Waals surface area contributed by atoms with Crippen molar-refractivity contribution in [2.75, 3.05) is 19.6 Å². The second kappa shape index (κ2) is 6.83. The molecule has 29 heavy (non-hydrogen) atoms. The predicted molar refractivity (Wildman–Crippen MR) is 113 cm³/mol. The van der Waals surface area contributed by atoms with E-state index < -0.39 is 10.0 Å². The van der Waals surface area contributed by atoms with Gasteiger partial charge in [-0.05, 0) is 62.6 Å². The third-order valence-corrected chi connectivity index (χ3v) is 9.90. The van der Waals surface area contributed by atoms with E-state index >= 15 is 0 Å². The van der Waals surface area contributed by atoms with Crippen molar-refractivity contribution in [1.82, 2.24) is 18.0 Å². The second-order valence-electron chi connectivity index (χ2n) is 9.01. The fourth-order valence-corrected chi connectivity index (χ4v) is 8.79. The van der Waals surface area contributed by atoms with Crippen LogP contribution in [0.4, 0.5) is 0 Å². The van der Waals surface area contributed by atoms with Crippen molar-refractivity contribution in [3.63, 3.8) is 0 Å². The molecule has 1 aliphatic carbocycles. The molecule has 2 aromatic rings. The third kappa shape index (κ3) is 2.83. The molecule has 3 fully saturated rings. The van der Waals surface area contributed by atoms with Gasteiger partial charge in [0.15, 0.2) is 0 Å². The van der Waals surface area contributed by atoms with E-state index in [2.05, 4.69) is 19.7 Å². The number of benzene rings is 1. The molecule has 0 saturated carbocycles. The number of hydrogen-bond donors (Lipinski definition) is 0. The molecule has 3 saturated heterocycles. The van der Waals surface area contributed by atoms with E-state index in [1.165, 1.54) is 31.4 Å². The highest BCUT2D eigenvalue weighted by atomic mass is 32.2. The van der Waals surface area contributed by atoms with Crippen LogP contribution >= 0.6 is 11.7 Å². The molecule has 2 bridgehead atoms. The van der Waals surface area contributed by atoms with Gasteiger partial charge in [0.05, 0.1) is 17.8 Å². The number of piperidine rings is 3. The molecule has 6 nitrogen and oxygen atoms in total. The van der Waals surface area contributed by atoms with E-state index in [4.69, 9.17) is 0 Å². The van der Waals surface area contributed by atoms with Gasteiger partial charge in [0, 0.05) is 19.1 Å². The van der Waals surface area contributed by atoms with E-state index in [1.807, 2.05) is 10.4 Å².